The van der Waals surface area contributed by atoms with Gasteiger partial charge in [0, 0.05) is 26.2 Å². The number of nitrogens with zero attached hydrogens (tertiary/aromatic N) is 3. The molecular formula is C8H10BrN3O. The van der Waals surface area contributed by atoms with Gasteiger partial charge in [-0.05, 0) is 22.0 Å². The molecule has 2 rings (SSSR count). The minimum atomic E-state index is -3.20. The summed E-state index contributed by atoms with van der Waals surface area (Å²) >= 11 is 2.86. The molecule has 0 amide bonds. The van der Waals surface area contributed by atoms with Gasteiger partial charge in [-0.15, -0.1) is 0 Å². The Morgan fingerprint density at radius 2 is 2.85 bits per heavy atom. The first-order valence-electron chi connectivity index (χ1n) is 8.16. The first-order valence-corrected chi connectivity index (χ1v) is 3.96. The second-order valence-corrected chi connectivity index (χ2v) is 2.75. The molecule has 0 N–H and O–H groups in total. The van der Waals surface area contributed by atoms with Crippen LogP contribution in [0.3, 0.4) is 0 Å². The monoisotopic (exact) mass is 253 g/mol. The van der Waals surface area contributed by atoms with Gasteiger partial charge in [-0.25, -0.2) is 9.97 Å². The standard InChI is InChI=1S/C8H10BrN3O/c1-13-6-4-12(5-6)7-2-3-10-8(9)11-7/h2-3,6H,4-5H2,1H3/i1D3,2D,3D,4D2,5D2,6D. The lowest BCUT2D eigenvalue weighted by Gasteiger charge is -2.38. The van der Waals surface area contributed by atoms with Crippen molar-refractivity contribution in [2.24, 2.45) is 0 Å². The Morgan fingerprint density at radius 3 is 3.62 bits per heavy atom. The molecule has 0 aromatic carbocycles. The minimum absolute atomic E-state index is 0.181. The van der Waals surface area contributed by atoms with Crippen LogP contribution in [0, 0.1) is 0 Å². The number of methoxy groups -OCH3 is 1. The summed E-state index contributed by atoms with van der Waals surface area (Å²) in [5, 5.41) is 0. The maximum Gasteiger partial charge on any atom is 0.198 e. The molecule has 1 aromatic rings. The van der Waals surface area contributed by atoms with Crippen molar-refractivity contribution in [1.29, 1.82) is 0 Å². The highest BCUT2D eigenvalue weighted by molar-refractivity contribution is 9.10. The molecule has 70 valence electrons. The van der Waals surface area contributed by atoms with Crippen LogP contribution in [0.25, 0.3) is 0 Å². The zero-order valence-electron chi connectivity index (χ0n) is 16.1. The zero-order chi connectivity index (χ0) is 18.0. The van der Waals surface area contributed by atoms with E-state index in [0.29, 0.717) is 4.90 Å². The fourth-order valence-electron chi connectivity index (χ4n) is 0.725. The van der Waals surface area contributed by atoms with E-state index < -0.39 is 44.1 Å². The molecule has 1 saturated heterocycles. The molecule has 0 bridgehead atoms. The van der Waals surface area contributed by atoms with Crippen molar-refractivity contribution in [3.63, 3.8) is 0 Å². The summed E-state index contributed by atoms with van der Waals surface area (Å²) in [5.41, 5.74) is 0. The molecule has 1 aromatic heterocycles. The molecule has 0 unspecified atom stereocenters. The van der Waals surface area contributed by atoms with E-state index in [2.05, 4.69) is 30.6 Å². The van der Waals surface area contributed by atoms with Crippen molar-refractivity contribution in [3.05, 3.63) is 16.9 Å². The van der Waals surface area contributed by atoms with Crippen molar-refractivity contribution < 1.29 is 18.4 Å². The Hall–Kier alpha value is -0.680. The van der Waals surface area contributed by atoms with E-state index in [-0.39, 0.29) is 4.73 Å². The molecule has 5 heteroatoms. The molecule has 13 heavy (non-hydrogen) atoms. The van der Waals surface area contributed by atoms with Crippen molar-refractivity contribution in [1.82, 2.24) is 9.97 Å². The lowest BCUT2D eigenvalue weighted by molar-refractivity contribution is 0.0783. The predicted molar refractivity (Wildman–Crippen MR) is 52.7 cm³/mol. The van der Waals surface area contributed by atoms with Crippen LogP contribution in [0.1, 0.15) is 13.7 Å². The zero-order valence-corrected chi connectivity index (χ0v) is 7.71. The maximum absolute atomic E-state index is 7.86. The number of halogens is 1. The van der Waals surface area contributed by atoms with Gasteiger partial charge in [0.25, 0.3) is 0 Å². The highest BCUT2D eigenvalue weighted by Gasteiger charge is 2.27. The molecule has 0 aliphatic carbocycles. The van der Waals surface area contributed by atoms with E-state index >= 15 is 0 Å². The van der Waals surface area contributed by atoms with Crippen molar-refractivity contribution >= 4 is 21.7 Å². The van der Waals surface area contributed by atoms with Gasteiger partial charge in [-0.2, -0.15) is 0 Å². The maximum atomic E-state index is 7.86. The van der Waals surface area contributed by atoms with E-state index in [4.69, 9.17) is 13.7 Å². The number of rotatable bonds is 2. The normalized spacial score (nSPS) is 39.6. The second-order valence-electron chi connectivity index (χ2n) is 2.04. The van der Waals surface area contributed by atoms with Gasteiger partial charge in [-0.1, -0.05) is 0 Å². The summed E-state index contributed by atoms with van der Waals surface area (Å²) in [5.74, 6) is -0.594. The van der Waals surface area contributed by atoms with Gasteiger partial charge in [0.1, 0.15) is 5.82 Å². The average Bonchev–Trinajstić information content (AvgIpc) is 2.32. The van der Waals surface area contributed by atoms with Gasteiger partial charge in [0.15, 0.2) is 4.73 Å². The summed E-state index contributed by atoms with van der Waals surface area (Å²) < 4.78 is 79.6. The van der Waals surface area contributed by atoms with Gasteiger partial charge < -0.3 is 9.64 Å². The lowest BCUT2D eigenvalue weighted by atomic mass is 10.2. The molecule has 1 fully saturated rings. The number of anilines is 1. The SMILES string of the molecule is [2H]c1nc(Br)nc(N2C([2H])([2H])C([2H])(OC([2H])([2H])[2H])C2([2H])[2H])c1[2H]. The van der Waals surface area contributed by atoms with Crippen LogP contribution in [-0.2, 0) is 4.74 Å². The highest BCUT2D eigenvalue weighted by Crippen LogP contribution is 2.20. The minimum Gasteiger partial charge on any atom is -0.378 e. The van der Waals surface area contributed by atoms with Crippen LogP contribution in [-0.4, -0.2) is 36.1 Å². The number of hydrogen-bond acceptors (Lipinski definition) is 4. The van der Waals surface area contributed by atoms with E-state index in [1.807, 2.05) is 0 Å². The molecule has 0 radical (unpaired) electrons. The number of hydrogen-bond donors (Lipinski definition) is 0. The fourth-order valence-corrected chi connectivity index (χ4v) is 0.982. The average molecular weight is 254 g/mol. The molecular weight excluding hydrogens is 234 g/mol. The molecule has 1 aliphatic rings. The van der Waals surface area contributed by atoms with Crippen LogP contribution >= 0.6 is 15.9 Å². The second kappa shape index (κ2) is 3.59. The molecule has 4 nitrogen and oxygen atoms in total. The molecule has 2 heterocycles. The first-order chi connectivity index (χ1) is 10.1. The quantitative estimate of drug-likeness (QED) is 0.740. The van der Waals surface area contributed by atoms with E-state index in [0.717, 1.165) is 0 Å². The Bertz CT molecular complexity index is 634. The Labute approximate surface area is 99.1 Å². The lowest BCUT2D eigenvalue weighted by Crippen LogP contribution is -2.52. The van der Waals surface area contributed by atoms with Crippen molar-refractivity contribution in [2.45, 2.75) is 6.08 Å². The third kappa shape index (κ3) is 1.81. The van der Waals surface area contributed by atoms with E-state index in [1.165, 1.54) is 0 Å². The topological polar surface area (TPSA) is 38.2 Å². The van der Waals surface area contributed by atoms with Crippen LogP contribution < -0.4 is 4.90 Å². The summed E-state index contributed by atoms with van der Waals surface area (Å²) in [6.45, 7) is -5.91. The molecule has 0 spiro atoms. The van der Waals surface area contributed by atoms with Crippen LogP contribution in [0.2, 0.25) is 0 Å². The highest BCUT2D eigenvalue weighted by atomic mass is 79.9. The summed E-state index contributed by atoms with van der Waals surface area (Å²) in [7, 11) is -3.20. The molecule has 0 atom stereocenters. The van der Waals surface area contributed by atoms with Gasteiger partial charge in [0.05, 0.1) is 19.8 Å². The summed E-state index contributed by atoms with van der Waals surface area (Å²) in [4.78, 5) is 7.48. The largest absolute Gasteiger partial charge is 0.378 e. The van der Waals surface area contributed by atoms with Crippen LogP contribution in [0.5, 0.6) is 0 Å². The predicted octanol–water partition coefficient (Wildman–Crippen LogP) is 1.07. The van der Waals surface area contributed by atoms with Gasteiger partial charge in [-0.3, -0.25) is 0 Å². The van der Waals surface area contributed by atoms with Crippen molar-refractivity contribution in [2.75, 3.05) is 24.9 Å². The number of ether oxygens (including phenoxy) is 1. The summed E-state index contributed by atoms with van der Waals surface area (Å²) in [6.07, 6.45) is -3.68. The molecule has 0 saturated carbocycles. The molecule has 1 aliphatic heterocycles. The van der Waals surface area contributed by atoms with Gasteiger partial charge >= 0.3 is 0 Å². The van der Waals surface area contributed by atoms with Crippen LogP contribution in [0.4, 0.5) is 5.82 Å². The Morgan fingerprint density at radius 1 is 2.00 bits per heavy atom. The number of aromatic nitrogens is 2. The van der Waals surface area contributed by atoms with Crippen LogP contribution in [0.15, 0.2) is 16.9 Å². The Kier molecular flexibility index (Phi) is 0.802. The van der Waals surface area contributed by atoms with Gasteiger partial charge in [0.2, 0.25) is 0 Å². The van der Waals surface area contributed by atoms with Crippen molar-refractivity contribution in [3.8, 4) is 0 Å². The van der Waals surface area contributed by atoms with E-state index in [9.17, 15) is 0 Å². The fraction of sp³-hybridized carbons (Fsp3) is 0.500. The summed E-state index contributed by atoms with van der Waals surface area (Å²) in [6, 6.07) is -0.670. The third-order valence-corrected chi connectivity index (χ3v) is 1.61. The third-order valence-electron chi connectivity index (χ3n) is 1.25. The first kappa shape index (κ1) is 2.90. The Balaban J connectivity index is 2.56. The van der Waals surface area contributed by atoms with E-state index in [1.54, 1.807) is 0 Å². The smallest absolute Gasteiger partial charge is 0.198 e.